The van der Waals surface area contributed by atoms with Gasteiger partial charge in [-0.25, -0.2) is 0 Å². The molecule has 0 amide bonds. The molecule has 0 spiro atoms. The summed E-state index contributed by atoms with van der Waals surface area (Å²) in [5, 5.41) is 55.8. The summed E-state index contributed by atoms with van der Waals surface area (Å²) >= 11 is 0. The van der Waals surface area contributed by atoms with Crippen molar-refractivity contribution in [2.24, 2.45) is 40.4 Å². The number of aliphatic hydroxyl groups excluding tert-OH is 2. The van der Waals surface area contributed by atoms with Gasteiger partial charge < -0.3 is 30.3 Å². The zero-order valence-corrected chi connectivity index (χ0v) is 21.0. The summed E-state index contributed by atoms with van der Waals surface area (Å²) in [6.07, 6.45) is 6.96. The Morgan fingerprint density at radius 3 is 2.42 bits per heavy atom. The van der Waals surface area contributed by atoms with E-state index in [1.807, 2.05) is 20.8 Å². The van der Waals surface area contributed by atoms with E-state index in [1.54, 1.807) is 0 Å². The molecule has 0 bridgehead atoms. The Balaban J connectivity index is 1.44. The van der Waals surface area contributed by atoms with E-state index >= 15 is 0 Å². The van der Waals surface area contributed by atoms with Crippen LogP contribution in [0, 0.1) is 40.4 Å². The predicted octanol–water partition coefficient (Wildman–Crippen LogP) is 2.98. The van der Waals surface area contributed by atoms with Crippen LogP contribution in [0.4, 0.5) is 0 Å². The molecule has 33 heavy (non-hydrogen) atoms. The van der Waals surface area contributed by atoms with Crippen molar-refractivity contribution >= 4 is 0 Å². The van der Waals surface area contributed by atoms with Crippen LogP contribution in [0.25, 0.3) is 0 Å². The van der Waals surface area contributed by atoms with E-state index in [-0.39, 0.29) is 30.0 Å². The lowest BCUT2D eigenvalue weighted by atomic mass is 9.42. The molecule has 4 saturated carbocycles. The summed E-state index contributed by atoms with van der Waals surface area (Å²) in [6, 6.07) is 0. The molecule has 1 saturated heterocycles. The lowest BCUT2D eigenvalue weighted by molar-refractivity contribution is -0.262. The highest BCUT2D eigenvalue weighted by Gasteiger charge is 2.80. The van der Waals surface area contributed by atoms with E-state index in [0.717, 1.165) is 44.9 Å². The van der Waals surface area contributed by atoms with Gasteiger partial charge in [0.15, 0.2) is 5.79 Å². The second-order valence-corrected chi connectivity index (χ2v) is 13.2. The molecule has 190 valence electrons. The number of fused-ring (bicyclic) bond motifs is 7. The van der Waals surface area contributed by atoms with Gasteiger partial charge in [0.2, 0.25) is 0 Å². The van der Waals surface area contributed by atoms with E-state index in [2.05, 4.69) is 6.92 Å². The van der Waals surface area contributed by atoms with E-state index < -0.39 is 34.4 Å². The molecule has 5 fully saturated rings. The van der Waals surface area contributed by atoms with Crippen LogP contribution in [-0.2, 0) is 4.74 Å². The molecule has 1 heterocycles. The Morgan fingerprint density at radius 2 is 1.73 bits per heavy atom. The third-order valence-electron chi connectivity index (χ3n) is 12.1. The second-order valence-electron chi connectivity index (χ2n) is 13.2. The monoisotopic (exact) mass is 466 g/mol. The highest BCUT2D eigenvalue weighted by atomic mass is 16.7. The summed E-state index contributed by atoms with van der Waals surface area (Å²) in [6.45, 7) is 8.32. The molecule has 1 aliphatic heterocycles. The number of ether oxygens (including phenoxy) is 1. The average Bonchev–Trinajstić information content (AvgIpc) is 3.07. The molecule has 5 rings (SSSR count). The first-order chi connectivity index (χ1) is 15.4. The van der Waals surface area contributed by atoms with Crippen molar-refractivity contribution in [3.05, 3.63) is 0 Å². The first-order valence-electron chi connectivity index (χ1n) is 13.5. The van der Waals surface area contributed by atoms with Crippen molar-refractivity contribution in [2.75, 3.05) is 6.61 Å². The fraction of sp³-hybridized carbons (Fsp3) is 1.00. The van der Waals surface area contributed by atoms with Gasteiger partial charge in [-0.05, 0) is 80.5 Å². The van der Waals surface area contributed by atoms with Gasteiger partial charge in [0.25, 0.3) is 0 Å². The van der Waals surface area contributed by atoms with Gasteiger partial charge in [-0.2, -0.15) is 0 Å². The number of rotatable bonds is 4. The minimum atomic E-state index is -1.44. The molecular weight excluding hydrogens is 420 g/mol. The van der Waals surface area contributed by atoms with Crippen LogP contribution in [0.2, 0.25) is 0 Å². The maximum absolute atomic E-state index is 12.4. The van der Waals surface area contributed by atoms with E-state index in [0.29, 0.717) is 31.1 Å². The third kappa shape index (κ3) is 3.00. The molecule has 0 aromatic heterocycles. The normalized spacial score (nSPS) is 58.8. The fourth-order valence-electron chi connectivity index (χ4n) is 9.66. The molecule has 0 aromatic carbocycles. The van der Waals surface area contributed by atoms with E-state index in [9.17, 15) is 25.5 Å². The van der Waals surface area contributed by atoms with Crippen LogP contribution >= 0.6 is 0 Å². The Hall–Kier alpha value is -0.240. The first kappa shape index (κ1) is 24.5. The third-order valence-corrected chi connectivity index (χ3v) is 12.1. The molecule has 5 aliphatic rings. The minimum absolute atomic E-state index is 0.0628. The zero-order valence-electron chi connectivity index (χ0n) is 21.0. The summed E-state index contributed by atoms with van der Waals surface area (Å²) in [4.78, 5) is 0. The number of hydrogen-bond donors (Lipinski definition) is 5. The number of hydrogen-bond acceptors (Lipinski definition) is 6. The minimum Gasteiger partial charge on any atom is -0.396 e. The van der Waals surface area contributed by atoms with Crippen molar-refractivity contribution < 1.29 is 30.3 Å². The first-order valence-corrected chi connectivity index (χ1v) is 13.5. The summed E-state index contributed by atoms with van der Waals surface area (Å²) in [5.41, 5.74) is -2.92. The Labute approximate surface area is 198 Å². The van der Waals surface area contributed by atoms with Gasteiger partial charge in [0, 0.05) is 30.8 Å². The maximum atomic E-state index is 12.4. The molecule has 0 aromatic rings. The lowest BCUT2D eigenvalue weighted by Crippen LogP contribution is -2.67. The summed E-state index contributed by atoms with van der Waals surface area (Å²) in [5.74, 6) is -0.883. The fourth-order valence-corrected chi connectivity index (χ4v) is 9.66. The Morgan fingerprint density at radius 1 is 1.00 bits per heavy atom. The molecule has 6 heteroatoms. The van der Waals surface area contributed by atoms with Gasteiger partial charge in [-0.1, -0.05) is 27.7 Å². The maximum Gasteiger partial charge on any atom is 0.171 e. The molecule has 12 atom stereocenters. The SMILES string of the molecule is CC(CO)CCC1(O)O[C@H]2C[C@@]3(O)[C@@H]4CCC5CC(O)CC[C@]5(C)[C@H]4CC[C@]3(C)[C@@]2(O)[C@@H]1C. The summed E-state index contributed by atoms with van der Waals surface area (Å²) < 4.78 is 6.26. The quantitative estimate of drug-likeness (QED) is 0.436. The topological polar surface area (TPSA) is 110 Å². The van der Waals surface area contributed by atoms with Crippen LogP contribution in [0.3, 0.4) is 0 Å². The van der Waals surface area contributed by atoms with Gasteiger partial charge in [-0.3, -0.25) is 0 Å². The zero-order chi connectivity index (χ0) is 24.0. The van der Waals surface area contributed by atoms with Gasteiger partial charge >= 0.3 is 0 Å². The van der Waals surface area contributed by atoms with Gasteiger partial charge in [0.1, 0.15) is 5.60 Å². The van der Waals surface area contributed by atoms with Crippen LogP contribution in [0.1, 0.15) is 91.9 Å². The smallest absolute Gasteiger partial charge is 0.171 e. The molecule has 4 unspecified atom stereocenters. The van der Waals surface area contributed by atoms with E-state index in [1.165, 1.54) is 0 Å². The molecule has 0 radical (unpaired) electrons. The van der Waals surface area contributed by atoms with Crippen molar-refractivity contribution in [2.45, 2.75) is 121 Å². The molecule has 4 aliphatic carbocycles. The molecule has 6 nitrogen and oxygen atoms in total. The number of aliphatic hydroxyl groups is 5. The van der Waals surface area contributed by atoms with Crippen molar-refractivity contribution in [3.63, 3.8) is 0 Å². The Bertz CT molecular complexity index is 776. The average molecular weight is 467 g/mol. The van der Waals surface area contributed by atoms with Crippen LogP contribution < -0.4 is 0 Å². The highest BCUT2D eigenvalue weighted by molar-refractivity contribution is 5.28. The standard InChI is InChI=1S/C27H46O6/c1-16(15-28)7-12-26(31)17(2)27(32)22(33-26)14-25(30)21-6-5-18-13-19(29)8-10-23(18,3)20(21)9-11-24(25,27)4/h16-22,28-32H,5-15H2,1-4H3/t16?,17-,18?,19?,20+,21-,22+,23+,24+,25-,26?,27-/m1/s1. The summed E-state index contributed by atoms with van der Waals surface area (Å²) in [7, 11) is 0. The van der Waals surface area contributed by atoms with Crippen LogP contribution in [0.5, 0.6) is 0 Å². The van der Waals surface area contributed by atoms with Crippen LogP contribution in [0.15, 0.2) is 0 Å². The Kier molecular flexibility index (Phi) is 5.65. The van der Waals surface area contributed by atoms with Crippen molar-refractivity contribution in [3.8, 4) is 0 Å². The highest BCUT2D eigenvalue weighted by Crippen LogP contribution is 2.73. The van der Waals surface area contributed by atoms with Crippen LogP contribution in [-0.4, -0.2) is 61.3 Å². The second kappa shape index (κ2) is 7.63. The lowest BCUT2D eigenvalue weighted by Gasteiger charge is -2.64. The molecular formula is C27H46O6. The predicted molar refractivity (Wildman–Crippen MR) is 124 cm³/mol. The van der Waals surface area contributed by atoms with Crippen molar-refractivity contribution in [1.29, 1.82) is 0 Å². The van der Waals surface area contributed by atoms with Crippen molar-refractivity contribution in [1.82, 2.24) is 0 Å². The van der Waals surface area contributed by atoms with E-state index in [4.69, 9.17) is 4.74 Å². The van der Waals surface area contributed by atoms with Gasteiger partial charge in [0.05, 0.1) is 17.8 Å². The largest absolute Gasteiger partial charge is 0.396 e. The molecule has 5 N–H and O–H groups in total. The van der Waals surface area contributed by atoms with Gasteiger partial charge in [-0.15, -0.1) is 0 Å².